The maximum Gasteiger partial charge on any atom is 0.419 e. The van der Waals surface area contributed by atoms with Gasteiger partial charge >= 0.3 is 6.18 Å². The molecular weight excluding hydrogens is 313 g/mol. The second kappa shape index (κ2) is 4.70. The van der Waals surface area contributed by atoms with E-state index in [-0.39, 0.29) is 22.3 Å². The molecule has 100 valence electrons. The van der Waals surface area contributed by atoms with Gasteiger partial charge in [-0.1, -0.05) is 0 Å². The Kier molecular flexibility index (Phi) is 3.55. The Bertz CT molecular complexity index is 446. The molecule has 0 bridgehead atoms. The summed E-state index contributed by atoms with van der Waals surface area (Å²) in [5.41, 5.74) is -1.07. The Labute approximate surface area is 111 Å². The van der Waals surface area contributed by atoms with Crippen LogP contribution < -0.4 is 5.32 Å². The smallest absolute Gasteiger partial charge is 0.396 e. The van der Waals surface area contributed by atoms with Crippen molar-refractivity contribution in [2.75, 3.05) is 18.5 Å². The number of rotatable bonds is 4. The van der Waals surface area contributed by atoms with Crippen LogP contribution in [0.1, 0.15) is 18.4 Å². The van der Waals surface area contributed by atoms with Crippen LogP contribution in [0.3, 0.4) is 0 Å². The molecule has 0 aromatic carbocycles. The molecule has 1 saturated carbocycles. The van der Waals surface area contributed by atoms with E-state index in [0.29, 0.717) is 6.54 Å². The largest absolute Gasteiger partial charge is 0.419 e. The van der Waals surface area contributed by atoms with E-state index in [9.17, 15) is 13.2 Å². The Morgan fingerprint density at radius 2 is 2.11 bits per heavy atom. The van der Waals surface area contributed by atoms with Crippen LogP contribution in [0.15, 0.2) is 16.7 Å². The molecule has 1 aliphatic carbocycles. The second-order valence-corrected chi connectivity index (χ2v) is 5.47. The number of alkyl halides is 3. The summed E-state index contributed by atoms with van der Waals surface area (Å²) in [6.45, 7) is 0.291. The van der Waals surface area contributed by atoms with Gasteiger partial charge in [-0.15, -0.1) is 0 Å². The first-order chi connectivity index (χ1) is 8.36. The molecule has 0 atom stereocenters. The van der Waals surface area contributed by atoms with Crippen molar-refractivity contribution < 1.29 is 18.3 Å². The molecular formula is C11H12BrF3N2O. The summed E-state index contributed by atoms with van der Waals surface area (Å²) in [5.74, 6) is -0.189. The number of hydrogen-bond acceptors (Lipinski definition) is 3. The number of aliphatic hydroxyl groups is 1. The number of pyridine rings is 1. The van der Waals surface area contributed by atoms with Gasteiger partial charge in [0.1, 0.15) is 5.82 Å². The van der Waals surface area contributed by atoms with Gasteiger partial charge < -0.3 is 10.4 Å². The second-order valence-electron chi connectivity index (χ2n) is 4.56. The van der Waals surface area contributed by atoms with E-state index in [2.05, 4.69) is 26.2 Å². The number of nitrogens with zero attached hydrogens (tertiary/aromatic N) is 1. The lowest BCUT2D eigenvalue weighted by molar-refractivity contribution is -0.137. The topological polar surface area (TPSA) is 45.1 Å². The van der Waals surface area contributed by atoms with Gasteiger partial charge in [-0.3, -0.25) is 0 Å². The molecule has 0 saturated heterocycles. The number of aliphatic hydroxyl groups excluding tert-OH is 1. The van der Waals surface area contributed by atoms with Crippen molar-refractivity contribution in [2.45, 2.75) is 19.0 Å². The summed E-state index contributed by atoms with van der Waals surface area (Å²) in [6.07, 6.45) is -1.48. The predicted molar refractivity (Wildman–Crippen MR) is 64.2 cm³/mol. The van der Waals surface area contributed by atoms with E-state index in [0.717, 1.165) is 18.9 Å². The van der Waals surface area contributed by atoms with Crippen molar-refractivity contribution in [3.63, 3.8) is 0 Å². The van der Waals surface area contributed by atoms with Gasteiger partial charge in [0.05, 0.1) is 12.2 Å². The number of aromatic nitrogens is 1. The molecule has 0 spiro atoms. The van der Waals surface area contributed by atoms with Crippen molar-refractivity contribution in [2.24, 2.45) is 5.41 Å². The highest BCUT2D eigenvalue weighted by Gasteiger charge is 2.42. The zero-order valence-corrected chi connectivity index (χ0v) is 11.0. The maximum absolute atomic E-state index is 12.8. The lowest BCUT2D eigenvalue weighted by Gasteiger charge is -2.17. The number of nitrogens with one attached hydrogen (secondary N) is 1. The SMILES string of the molecule is OCC1(CNc2ncc(Br)cc2C(F)(F)F)CC1. The van der Waals surface area contributed by atoms with Gasteiger partial charge in [0.15, 0.2) is 0 Å². The minimum Gasteiger partial charge on any atom is -0.396 e. The predicted octanol–water partition coefficient (Wildman–Crippen LogP) is 3.05. The van der Waals surface area contributed by atoms with Crippen LogP contribution >= 0.6 is 15.9 Å². The Hall–Kier alpha value is -0.820. The van der Waals surface area contributed by atoms with Crippen molar-refractivity contribution in [3.8, 4) is 0 Å². The zero-order valence-electron chi connectivity index (χ0n) is 9.39. The molecule has 3 nitrogen and oxygen atoms in total. The summed E-state index contributed by atoms with van der Waals surface area (Å²) in [4.78, 5) is 3.75. The van der Waals surface area contributed by atoms with Crippen LogP contribution in [-0.4, -0.2) is 23.2 Å². The van der Waals surface area contributed by atoms with Gasteiger partial charge in [0.2, 0.25) is 0 Å². The van der Waals surface area contributed by atoms with Crippen LogP contribution in [-0.2, 0) is 6.18 Å². The van der Waals surface area contributed by atoms with Gasteiger partial charge in [0, 0.05) is 22.6 Å². The minimum absolute atomic E-state index is 0.0160. The molecule has 0 amide bonds. The molecule has 7 heteroatoms. The molecule has 0 aliphatic heterocycles. The van der Waals surface area contributed by atoms with Crippen LogP contribution in [0.5, 0.6) is 0 Å². The number of anilines is 1. The lowest BCUT2D eigenvalue weighted by atomic mass is 10.1. The average Bonchev–Trinajstić information content (AvgIpc) is 3.07. The highest BCUT2D eigenvalue weighted by atomic mass is 79.9. The summed E-state index contributed by atoms with van der Waals surface area (Å²) >= 11 is 2.98. The van der Waals surface area contributed by atoms with E-state index in [1.54, 1.807) is 0 Å². The normalized spacial score (nSPS) is 17.6. The van der Waals surface area contributed by atoms with Crippen molar-refractivity contribution in [3.05, 3.63) is 22.3 Å². The first-order valence-electron chi connectivity index (χ1n) is 5.44. The fourth-order valence-electron chi connectivity index (χ4n) is 1.64. The molecule has 1 aromatic rings. The van der Waals surface area contributed by atoms with Gasteiger partial charge in [-0.05, 0) is 34.8 Å². The van der Waals surface area contributed by atoms with E-state index < -0.39 is 11.7 Å². The quantitative estimate of drug-likeness (QED) is 0.894. The van der Waals surface area contributed by atoms with Gasteiger partial charge in [-0.2, -0.15) is 13.2 Å². The molecule has 1 aliphatic rings. The Balaban J connectivity index is 2.17. The highest BCUT2D eigenvalue weighted by Crippen LogP contribution is 2.45. The van der Waals surface area contributed by atoms with Crippen LogP contribution in [0.4, 0.5) is 19.0 Å². The van der Waals surface area contributed by atoms with Gasteiger partial charge in [-0.25, -0.2) is 4.98 Å². The average molecular weight is 325 g/mol. The fourth-order valence-corrected chi connectivity index (χ4v) is 1.97. The van der Waals surface area contributed by atoms with Crippen molar-refractivity contribution >= 4 is 21.7 Å². The number of halogens is 4. The third-order valence-electron chi connectivity index (χ3n) is 3.08. The molecule has 18 heavy (non-hydrogen) atoms. The third kappa shape index (κ3) is 2.95. The summed E-state index contributed by atoms with van der Waals surface area (Å²) in [5, 5.41) is 11.8. The van der Waals surface area contributed by atoms with Crippen LogP contribution in [0.2, 0.25) is 0 Å². The van der Waals surface area contributed by atoms with Crippen molar-refractivity contribution in [1.29, 1.82) is 0 Å². The number of hydrogen-bond donors (Lipinski definition) is 2. The van der Waals surface area contributed by atoms with Crippen LogP contribution in [0, 0.1) is 5.41 Å². The zero-order chi connectivity index (χ0) is 13.4. The summed E-state index contributed by atoms with van der Waals surface area (Å²) in [6, 6.07) is 0.994. The summed E-state index contributed by atoms with van der Waals surface area (Å²) in [7, 11) is 0. The molecule has 2 rings (SSSR count). The fraction of sp³-hybridized carbons (Fsp3) is 0.545. The third-order valence-corrected chi connectivity index (χ3v) is 3.52. The van der Waals surface area contributed by atoms with Crippen LogP contribution in [0.25, 0.3) is 0 Å². The highest BCUT2D eigenvalue weighted by molar-refractivity contribution is 9.10. The molecule has 1 fully saturated rings. The lowest BCUT2D eigenvalue weighted by Crippen LogP contribution is -2.21. The summed E-state index contributed by atoms with van der Waals surface area (Å²) < 4.78 is 38.7. The van der Waals surface area contributed by atoms with Crippen molar-refractivity contribution in [1.82, 2.24) is 4.98 Å². The Morgan fingerprint density at radius 3 is 2.61 bits per heavy atom. The van der Waals surface area contributed by atoms with E-state index >= 15 is 0 Å². The molecule has 0 unspecified atom stereocenters. The molecule has 1 heterocycles. The monoisotopic (exact) mass is 324 g/mol. The molecule has 1 aromatic heterocycles. The molecule has 0 radical (unpaired) electrons. The van der Waals surface area contributed by atoms with Gasteiger partial charge in [0.25, 0.3) is 0 Å². The maximum atomic E-state index is 12.8. The molecule has 2 N–H and O–H groups in total. The van der Waals surface area contributed by atoms with E-state index in [1.807, 2.05) is 0 Å². The minimum atomic E-state index is -4.45. The first-order valence-corrected chi connectivity index (χ1v) is 6.23. The first kappa shape index (κ1) is 13.6. The van der Waals surface area contributed by atoms with E-state index in [1.165, 1.54) is 6.20 Å². The standard InChI is InChI=1S/C11H12BrF3N2O/c12-7-3-8(11(13,14)15)9(16-4-7)17-5-10(6-18)1-2-10/h3-4,18H,1-2,5-6H2,(H,16,17). The Morgan fingerprint density at radius 1 is 1.44 bits per heavy atom. The van der Waals surface area contributed by atoms with E-state index in [4.69, 9.17) is 5.11 Å².